The Hall–Kier alpha value is -1.15. The Morgan fingerprint density at radius 1 is 1.16 bits per heavy atom. The van der Waals surface area contributed by atoms with Crippen LogP contribution in [0.25, 0.3) is 0 Å². The predicted octanol–water partition coefficient (Wildman–Crippen LogP) is 3.53. The van der Waals surface area contributed by atoms with Gasteiger partial charge in [-0.05, 0) is 49.4 Å². The summed E-state index contributed by atoms with van der Waals surface area (Å²) >= 11 is 0. The first-order valence-corrected chi connectivity index (χ1v) is 7.67. The highest BCUT2D eigenvalue weighted by Crippen LogP contribution is 2.22. The van der Waals surface area contributed by atoms with Gasteiger partial charge in [-0.15, -0.1) is 0 Å². The van der Waals surface area contributed by atoms with E-state index in [1.807, 2.05) is 6.07 Å². The Morgan fingerprint density at radius 2 is 2.00 bits per heavy atom. The molecule has 19 heavy (non-hydrogen) atoms. The van der Waals surface area contributed by atoms with Gasteiger partial charge in [0.25, 0.3) is 0 Å². The van der Waals surface area contributed by atoms with Crippen molar-refractivity contribution in [3.05, 3.63) is 34.9 Å². The van der Waals surface area contributed by atoms with Gasteiger partial charge in [0.15, 0.2) is 5.78 Å². The molecule has 1 aliphatic rings. The lowest BCUT2D eigenvalue weighted by molar-refractivity contribution is 0.0991. The second kappa shape index (κ2) is 7.44. The fraction of sp³-hybridized carbons (Fsp3) is 0.588. The lowest BCUT2D eigenvalue weighted by atomic mass is 10.0. The van der Waals surface area contributed by atoms with Crippen molar-refractivity contribution in [1.82, 2.24) is 5.32 Å². The van der Waals surface area contributed by atoms with Crippen molar-refractivity contribution in [1.29, 1.82) is 0 Å². The molecule has 0 unspecified atom stereocenters. The minimum atomic E-state index is 0.227. The lowest BCUT2D eigenvalue weighted by Gasteiger charge is -2.06. The maximum atomic E-state index is 12.1. The van der Waals surface area contributed by atoms with Gasteiger partial charge in [0, 0.05) is 5.56 Å². The third kappa shape index (κ3) is 4.17. The van der Waals surface area contributed by atoms with E-state index in [1.165, 1.54) is 49.7 Å². The van der Waals surface area contributed by atoms with Crippen molar-refractivity contribution in [2.45, 2.75) is 51.9 Å². The number of rotatable bonds is 8. The highest BCUT2D eigenvalue weighted by molar-refractivity contribution is 5.97. The van der Waals surface area contributed by atoms with Crippen LogP contribution >= 0.6 is 0 Å². The molecule has 0 bridgehead atoms. The molecule has 2 nitrogen and oxygen atoms in total. The van der Waals surface area contributed by atoms with E-state index in [9.17, 15) is 4.79 Å². The Labute approximate surface area is 116 Å². The average Bonchev–Trinajstić information content (AvgIpc) is 2.89. The molecule has 1 aliphatic carbocycles. The molecule has 104 valence electrons. The largest absolute Gasteiger partial charge is 0.310 e. The summed E-state index contributed by atoms with van der Waals surface area (Å²) in [7, 11) is 0. The van der Waals surface area contributed by atoms with E-state index in [1.54, 1.807) is 0 Å². The average molecular weight is 259 g/mol. The zero-order valence-corrected chi connectivity index (χ0v) is 12.0. The van der Waals surface area contributed by atoms with Gasteiger partial charge in [-0.25, -0.2) is 0 Å². The van der Waals surface area contributed by atoms with Gasteiger partial charge < -0.3 is 5.32 Å². The van der Waals surface area contributed by atoms with Crippen LogP contribution in [0.5, 0.6) is 0 Å². The van der Waals surface area contributed by atoms with Gasteiger partial charge in [-0.3, -0.25) is 4.79 Å². The maximum absolute atomic E-state index is 12.1. The van der Waals surface area contributed by atoms with Crippen LogP contribution < -0.4 is 5.32 Å². The second-order valence-corrected chi connectivity index (χ2v) is 5.50. The predicted molar refractivity (Wildman–Crippen MR) is 79.8 cm³/mol. The third-order valence-electron chi connectivity index (χ3n) is 3.91. The van der Waals surface area contributed by atoms with Crippen molar-refractivity contribution in [3.8, 4) is 0 Å². The minimum absolute atomic E-state index is 0.227. The molecule has 0 saturated carbocycles. The van der Waals surface area contributed by atoms with Crippen LogP contribution in [0, 0.1) is 0 Å². The highest BCUT2D eigenvalue weighted by Gasteiger charge is 2.13. The number of benzene rings is 1. The number of aryl methyl sites for hydroxylation is 2. The lowest BCUT2D eigenvalue weighted by Crippen LogP contribution is -2.24. The van der Waals surface area contributed by atoms with Gasteiger partial charge in [-0.1, -0.05) is 38.3 Å². The van der Waals surface area contributed by atoms with Crippen LogP contribution in [0.15, 0.2) is 18.2 Å². The van der Waals surface area contributed by atoms with E-state index >= 15 is 0 Å². The maximum Gasteiger partial charge on any atom is 0.176 e. The smallest absolute Gasteiger partial charge is 0.176 e. The number of hydrogen-bond donors (Lipinski definition) is 1. The standard InChI is InChI=1S/C17H25NO/c1-2-3-4-5-11-18-13-17(19)16-10-9-14-7-6-8-15(14)12-16/h9-10,12,18H,2-8,11,13H2,1H3. The van der Waals surface area contributed by atoms with Gasteiger partial charge >= 0.3 is 0 Å². The normalized spacial score (nSPS) is 13.5. The molecule has 1 aromatic carbocycles. The first-order chi connectivity index (χ1) is 9.31. The van der Waals surface area contributed by atoms with E-state index in [2.05, 4.69) is 24.4 Å². The molecule has 0 radical (unpaired) electrons. The molecule has 0 saturated heterocycles. The number of Topliss-reactive ketones (excluding diaryl/α,β-unsaturated/α-hetero) is 1. The summed E-state index contributed by atoms with van der Waals surface area (Å²) in [4.78, 5) is 12.1. The molecule has 2 heteroatoms. The summed E-state index contributed by atoms with van der Waals surface area (Å²) in [6.07, 6.45) is 8.54. The molecule has 0 amide bonds. The van der Waals surface area contributed by atoms with Crippen molar-refractivity contribution < 1.29 is 4.79 Å². The van der Waals surface area contributed by atoms with Crippen molar-refractivity contribution in [2.75, 3.05) is 13.1 Å². The first kappa shape index (κ1) is 14.3. The van der Waals surface area contributed by atoms with Gasteiger partial charge in [-0.2, -0.15) is 0 Å². The number of nitrogens with one attached hydrogen (secondary N) is 1. The van der Waals surface area contributed by atoms with Crippen LogP contribution in [0.1, 0.15) is 60.5 Å². The van der Waals surface area contributed by atoms with Crippen LogP contribution in [0.2, 0.25) is 0 Å². The summed E-state index contributed by atoms with van der Waals surface area (Å²) < 4.78 is 0. The number of carbonyl (C=O) groups excluding carboxylic acids is 1. The topological polar surface area (TPSA) is 29.1 Å². The fourth-order valence-corrected chi connectivity index (χ4v) is 2.73. The Balaban J connectivity index is 1.74. The molecule has 1 aromatic rings. The van der Waals surface area contributed by atoms with Crippen molar-refractivity contribution in [2.24, 2.45) is 0 Å². The van der Waals surface area contributed by atoms with Crippen molar-refractivity contribution >= 4 is 5.78 Å². The number of unbranched alkanes of at least 4 members (excludes halogenated alkanes) is 3. The Kier molecular flexibility index (Phi) is 5.59. The van der Waals surface area contributed by atoms with E-state index < -0.39 is 0 Å². The molecule has 0 atom stereocenters. The molecule has 1 N–H and O–H groups in total. The Morgan fingerprint density at radius 3 is 2.84 bits per heavy atom. The monoisotopic (exact) mass is 259 g/mol. The SMILES string of the molecule is CCCCCCNCC(=O)c1ccc2c(c1)CCC2. The molecule has 0 heterocycles. The number of carbonyl (C=O) groups is 1. The van der Waals surface area contributed by atoms with Crippen LogP contribution in [0.4, 0.5) is 0 Å². The summed E-state index contributed by atoms with van der Waals surface area (Å²) in [6, 6.07) is 6.23. The molecular formula is C17H25NO. The van der Waals surface area contributed by atoms with E-state index in [0.717, 1.165) is 18.5 Å². The molecule has 0 aromatic heterocycles. The van der Waals surface area contributed by atoms with Crippen LogP contribution in [-0.2, 0) is 12.8 Å². The quantitative estimate of drug-likeness (QED) is 0.571. The minimum Gasteiger partial charge on any atom is -0.310 e. The van der Waals surface area contributed by atoms with E-state index in [0.29, 0.717) is 6.54 Å². The first-order valence-electron chi connectivity index (χ1n) is 7.67. The second-order valence-electron chi connectivity index (χ2n) is 5.50. The zero-order valence-electron chi connectivity index (χ0n) is 12.0. The Bertz CT molecular complexity index is 425. The molecule has 0 spiro atoms. The number of fused-ring (bicyclic) bond motifs is 1. The highest BCUT2D eigenvalue weighted by atomic mass is 16.1. The van der Waals surface area contributed by atoms with E-state index in [4.69, 9.17) is 0 Å². The van der Waals surface area contributed by atoms with Crippen LogP contribution in [0.3, 0.4) is 0 Å². The summed E-state index contributed by atoms with van der Waals surface area (Å²) in [5.41, 5.74) is 3.69. The summed E-state index contributed by atoms with van der Waals surface area (Å²) in [5, 5.41) is 3.26. The van der Waals surface area contributed by atoms with Gasteiger partial charge in [0.2, 0.25) is 0 Å². The molecule has 0 aliphatic heterocycles. The number of hydrogen-bond acceptors (Lipinski definition) is 2. The fourth-order valence-electron chi connectivity index (χ4n) is 2.73. The molecular weight excluding hydrogens is 234 g/mol. The number of ketones is 1. The molecule has 2 rings (SSSR count). The van der Waals surface area contributed by atoms with E-state index in [-0.39, 0.29) is 5.78 Å². The summed E-state index contributed by atoms with van der Waals surface area (Å²) in [5.74, 6) is 0.227. The molecule has 0 fully saturated rings. The van der Waals surface area contributed by atoms with Gasteiger partial charge in [0.05, 0.1) is 6.54 Å². The summed E-state index contributed by atoms with van der Waals surface area (Å²) in [6.45, 7) is 3.65. The van der Waals surface area contributed by atoms with Crippen LogP contribution in [-0.4, -0.2) is 18.9 Å². The third-order valence-corrected chi connectivity index (χ3v) is 3.91. The van der Waals surface area contributed by atoms with Crippen molar-refractivity contribution in [3.63, 3.8) is 0 Å². The zero-order chi connectivity index (χ0) is 13.5. The van der Waals surface area contributed by atoms with Gasteiger partial charge in [0.1, 0.15) is 0 Å².